The minimum Gasteiger partial charge on any atom is -0.350 e. The van der Waals surface area contributed by atoms with E-state index in [9.17, 15) is 22.4 Å². The van der Waals surface area contributed by atoms with Crippen molar-refractivity contribution in [2.75, 3.05) is 10.8 Å². The molecule has 1 N–H and O–H groups in total. The highest BCUT2D eigenvalue weighted by atomic mass is 35.5. The van der Waals surface area contributed by atoms with E-state index in [0.717, 1.165) is 34.1 Å². The molecule has 40 heavy (non-hydrogen) atoms. The van der Waals surface area contributed by atoms with E-state index < -0.39 is 45.8 Å². The monoisotopic (exact) mass is 607 g/mol. The van der Waals surface area contributed by atoms with Gasteiger partial charge >= 0.3 is 0 Å². The number of nitrogens with one attached hydrogen (secondary N) is 1. The summed E-state index contributed by atoms with van der Waals surface area (Å²) in [6.07, 6.45) is 0. The first-order valence-corrected chi connectivity index (χ1v) is 14.7. The number of amides is 2. The normalized spacial score (nSPS) is 12.5. The molecule has 0 aliphatic rings. The summed E-state index contributed by atoms with van der Waals surface area (Å²) in [5.74, 6) is -1.66. The molecule has 0 spiro atoms. The predicted molar refractivity (Wildman–Crippen MR) is 156 cm³/mol. The van der Waals surface area contributed by atoms with Gasteiger partial charge in [0.1, 0.15) is 18.4 Å². The number of rotatable bonds is 9. The van der Waals surface area contributed by atoms with Crippen LogP contribution in [0.25, 0.3) is 0 Å². The lowest BCUT2D eigenvalue weighted by molar-refractivity contribution is -0.140. The van der Waals surface area contributed by atoms with Crippen LogP contribution in [0.5, 0.6) is 0 Å². The van der Waals surface area contributed by atoms with Crippen molar-refractivity contribution in [1.29, 1.82) is 0 Å². The third kappa shape index (κ3) is 7.96. The molecule has 3 aromatic rings. The second kappa shape index (κ2) is 12.6. The number of anilines is 1. The van der Waals surface area contributed by atoms with Gasteiger partial charge in [0, 0.05) is 22.1 Å². The molecule has 7 nitrogen and oxygen atoms in total. The summed E-state index contributed by atoms with van der Waals surface area (Å²) in [5.41, 5.74) is 1.08. The molecule has 3 aromatic carbocycles. The van der Waals surface area contributed by atoms with Crippen molar-refractivity contribution in [3.8, 4) is 0 Å². The van der Waals surface area contributed by atoms with Gasteiger partial charge in [-0.2, -0.15) is 0 Å². The van der Waals surface area contributed by atoms with Gasteiger partial charge < -0.3 is 10.2 Å². The summed E-state index contributed by atoms with van der Waals surface area (Å²) in [6, 6.07) is 14.8. The number of hydrogen-bond acceptors (Lipinski definition) is 4. The van der Waals surface area contributed by atoms with Crippen molar-refractivity contribution in [3.05, 3.63) is 93.7 Å². The van der Waals surface area contributed by atoms with Crippen LogP contribution in [0.4, 0.5) is 10.1 Å². The van der Waals surface area contributed by atoms with Gasteiger partial charge in [0.25, 0.3) is 10.0 Å². The van der Waals surface area contributed by atoms with Crippen LogP contribution >= 0.6 is 23.2 Å². The Balaban J connectivity index is 2.05. The molecular formula is C29H32Cl2FN3O4S. The van der Waals surface area contributed by atoms with Crippen LogP contribution in [0.3, 0.4) is 0 Å². The van der Waals surface area contributed by atoms with Crippen molar-refractivity contribution in [2.45, 2.75) is 57.6 Å². The second-order valence-electron chi connectivity index (χ2n) is 10.5. The van der Waals surface area contributed by atoms with E-state index in [2.05, 4.69) is 5.32 Å². The van der Waals surface area contributed by atoms with Gasteiger partial charge in [-0.15, -0.1) is 0 Å². The first-order valence-electron chi connectivity index (χ1n) is 12.5. The highest BCUT2D eigenvalue weighted by Crippen LogP contribution is 2.27. The topological polar surface area (TPSA) is 86.8 Å². The van der Waals surface area contributed by atoms with Crippen LogP contribution < -0.4 is 9.62 Å². The predicted octanol–water partition coefficient (Wildman–Crippen LogP) is 5.97. The summed E-state index contributed by atoms with van der Waals surface area (Å²) in [7, 11) is -4.30. The van der Waals surface area contributed by atoms with Crippen LogP contribution in [0.1, 0.15) is 38.8 Å². The molecule has 1 unspecified atom stereocenters. The van der Waals surface area contributed by atoms with Crippen LogP contribution in [-0.2, 0) is 26.2 Å². The average molecular weight is 609 g/mol. The summed E-state index contributed by atoms with van der Waals surface area (Å²) in [6.45, 7) is 8.15. The number of carbonyl (C=O) groups is 2. The number of benzene rings is 3. The largest absolute Gasteiger partial charge is 0.350 e. The van der Waals surface area contributed by atoms with Gasteiger partial charge in [0.2, 0.25) is 11.8 Å². The Morgan fingerprint density at radius 3 is 2.12 bits per heavy atom. The molecule has 0 fully saturated rings. The standard InChI is InChI=1S/C29H32Cl2FN3O4S/c1-19-6-12-24(13-7-19)35(40(38,39)25-14-10-23(32)11-15-25)18-27(36)34(20(2)28(37)33-29(3,4)5)17-21-8-9-22(30)16-26(21)31/h6-16,20H,17-18H2,1-5H3,(H,33,37). The lowest BCUT2D eigenvalue weighted by atomic mass is 10.1. The summed E-state index contributed by atoms with van der Waals surface area (Å²) < 4.78 is 42.0. The molecule has 0 saturated heterocycles. The van der Waals surface area contributed by atoms with Gasteiger partial charge in [-0.25, -0.2) is 12.8 Å². The minimum atomic E-state index is -4.30. The zero-order valence-corrected chi connectivity index (χ0v) is 25.2. The SMILES string of the molecule is Cc1ccc(N(CC(=O)N(Cc2ccc(Cl)cc2Cl)C(C)C(=O)NC(C)(C)C)S(=O)(=O)c2ccc(F)cc2)cc1. The van der Waals surface area contributed by atoms with E-state index in [4.69, 9.17) is 23.2 Å². The van der Waals surface area contributed by atoms with Gasteiger partial charge in [-0.1, -0.05) is 47.0 Å². The average Bonchev–Trinajstić information content (AvgIpc) is 2.86. The number of aryl methyl sites for hydroxylation is 1. The van der Waals surface area contributed by atoms with Crippen molar-refractivity contribution in [1.82, 2.24) is 10.2 Å². The lowest BCUT2D eigenvalue weighted by Gasteiger charge is -2.33. The van der Waals surface area contributed by atoms with Gasteiger partial charge in [0.05, 0.1) is 10.6 Å². The maximum atomic E-state index is 13.9. The number of halogens is 3. The molecule has 11 heteroatoms. The van der Waals surface area contributed by atoms with Crippen LogP contribution in [0, 0.1) is 12.7 Å². The third-order valence-electron chi connectivity index (χ3n) is 6.02. The summed E-state index contributed by atoms with van der Waals surface area (Å²) in [4.78, 5) is 28.2. The molecular weight excluding hydrogens is 576 g/mol. The lowest BCUT2D eigenvalue weighted by Crippen LogP contribution is -2.54. The Morgan fingerprint density at radius 2 is 1.57 bits per heavy atom. The molecule has 3 rings (SSSR count). The Hall–Kier alpha value is -3.14. The van der Waals surface area contributed by atoms with E-state index in [1.807, 2.05) is 27.7 Å². The molecule has 0 saturated carbocycles. The third-order valence-corrected chi connectivity index (χ3v) is 8.40. The van der Waals surface area contributed by atoms with Crippen LogP contribution in [0.15, 0.2) is 71.6 Å². The maximum absolute atomic E-state index is 13.9. The molecule has 1 atom stereocenters. The summed E-state index contributed by atoms with van der Waals surface area (Å²) >= 11 is 12.4. The van der Waals surface area contributed by atoms with Crippen molar-refractivity contribution in [2.24, 2.45) is 0 Å². The molecule has 0 aromatic heterocycles. The Bertz CT molecular complexity index is 1470. The summed E-state index contributed by atoms with van der Waals surface area (Å²) in [5, 5.41) is 3.56. The zero-order chi connectivity index (χ0) is 29.8. The number of nitrogens with zero attached hydrogens (tertiary/aromatic N) is 2. The Kier molecular flexibility index (Phi) is 9.87. The fourth-order valence-corrected chi connectivity index (χ4v) is 5.75. The highest BCUT2D eigenvalue weighted by molar-refractivity contribution is 7.92. The smallest absolute Gasteiger partial charge is 0.264 e. The van der Waals surface area contributed by atoms with Crippen molar-refractivity contribution in [3.63, 3.8) is 0 Å². The van der Waals surface area contributed by atoms with E-state index >= 15 is 0 Å². The number of hydrogen-bond donors (Lipinski definition) is 1. The first-order chi connectivity index (χ1) is 18.6. The number of sulfonamides is 1. The molecule has 0 aliphatic carbocycles. The fraction of sp³-hybridized carbons (Fsp3) is 0.310. The van der Waals surface area contributed by atoms with E-state index in [1.54, 1.807) is 43.3 Å². The molecule has 0 heterocycles. The van der Waals surface area contributed by atoms with Crippen molar-refractivity contribution >= 4 is 50.7 Å². The molecule has 0 aliphatic heterocycles. The van der Waals surface area contributed by atoms with E-state index in [1.165, 1.54) is 11.0 Å². The molecule has 0 bridgehead atoms. The van der Waals surface area contributed by atoms with Crippen LogP contribution in [0.2, 0.25) is 10.0 Å². The first kappa shape index (κ1) is 31.4. The molecule has 2 amide bonds. The van der Waals surface area contributed by atoms with Gasteiger partial charge in [0.15, 0.2) is 0 Å². The zero-order valence-electron chi connectivity index (χ0n) is 22.9. The van der Waals surface area contributed by atoms with Crippen molar-refractivity contribution < 1.29 is 22.4 Å². The van der Waals surface area contributed by atoms with E-state index in [0.29, 0.717) is 15.6 Å². The fourth-order valence-electron chi connectivity index (χ4n) is 3.86. The van der Waals surface area contributed by atoms with Gasteiger partial charge in [-0.05, 0) is 88.7 Å². The number of carbonyl (C=O) groups excluding carboxylic acids is 2. The quantitative estimate of drug-likeness (QED) is 0.325. The Labute approximate surface area is 244 Å². The minimum absolute atomic E-state index is 0.0775. The van der Waals surface area contributed by atoms with Crippen LogP contribution in [-0.4, -0.2) is 43.3 Å². The van der Waals surface area contributed by atoms with E-state index in [-0.39, 0.29) is 17.1 Å². The highest BCUT2D eigenvalue weighted by Gasteiger charge is 2.33. The molecule has 214 valence electrons. The maximum Gasteiger partial charge on any atom is 0.264 e. The second-order valence-corrected chi connectivity index (χ2v) is 13.2. The Morgan fingerprint density at radius 1 is 0.975 bits per heavy atom. The van der Waals surface area contributed by atoms with Gasteiger partial charge in [-0.3, -0.25) is 13.9 Å². The molecule has 0 radical (unpaired) electrons.